The highest BCUT2D eigenvalue weighted by Gasteiger charge is 2.24. The van der Waals surface area contributed by atoms with E-state index in [2.05, 4.69) is 9.97 Å². The molecule has 0 bridgehead atoms. The van der Waals surface area contributed by atoms with Crippen molar-refractivity contribution in [3.05, 3.63) is 57.0 Å². The average molecular weight is 386 g/mol. The molecule has 0 spiro atoms. The van der Waals surface area contributed by atoms with Crippen molar-refractivity contribution >= 4 is 27.5 Å². The summed E-state index contributed by atoms with van der Waals surface area (Å²) in [6.07, 6.45) is -0.950. The van der Waals surface area contributed by atoms with Gasteiger partial charge >= 0.3 is 5.97 Å². The van der Waals surface area contributed by atoms with Crippen molar-refractivity contribution in [3.63, 3.8) is 0 Å². The van der Waals surface area contributed by atoms with E-state index in [9.17, 15) is 9.59 Å². The fourth-order valence-electron chi connectivity index (χ4n) is 2.73. The van der Waals surface area contributed by atoms with E-state index in [1.165, 1.54) is 11.3 Å². The van der Waals surface area contributed by atoms with Crippen LogP contribution in [0.2, 0.25) is 0 Å². The number of hydrogen-bond donors (Lipinski definition) is 1. The van der Waals surface area contributed by atoms with Crippen LogP contribution in [0.4, 0.5) is 0 Å². The Balaban J connectivity index is 1.77. The molecule has 6 nitrogen and oxygen atoms in total. The van der Waals surface area contributed by atoms with Crippen LogP contribution in [0.5, 0.6) is 5.75 Å². The van der Waals surface area contributed by atoms with Gasteiger partial charge in [-0.3, -0.25) is 4.79 Å². The topological polar surface area (TPSA) is 81.3 Å². The summed E-state index contributed by atoms with van der Waals surface area (Å²) in [4.78, 5) is 33.8. The average Bonchev–Trinajstić information content (AvgIpc) is 2.94. The van der Waals surface area contributed by atoms with E-state index in [1.54, 1.807) is 19.1 Å². The summed E-state index contributed by atoms with van der Waals surface area (Å²) in [5.41, 5.74) is 0.717. The number of nitrogens with one attached hydrogen (secondary N) is 1. The minimum Gasteiger partial charge on any atom is -0.479 e. The molecule has 2 atom stereocenters. The lowest BCUT2D eigenvalue weighted by atomic mass is 10.2. The Morgan fingerprint density at radius 1 is 1.26 bits per heavy atom. The second-order valence-corrected chi connectivity index (χ2v) is 7.52. The third kappa shape index (κ3) is 4.03. The number of carbonyl (C=O) groups is 1. The first-order valence-electron chi connectivity index (χ1n) is 8.82. The first kappa shape index (κ1) is 19.1. The molecule has 0 unspecified atom stereocenters. The van der Waals surface area contributed by atoms with Gasteiger partial charge in [-0.25, -0.2) is 9.78 Å². The highest BCUT2D eigenvalue weighted by Crippen LogP contribution is 2.27. The molecule has 7 heteroatoms. The first-order valence-corrected chi connectivity index (χ1v) is 9.64. The number of H-pyrrole nitrogens is 1. The lowest BCUT2D eigenvalue weighted by molar-refractivity contribution is -0.157. The summed E-state index contributed by atoms with van der Waals surface area (Å²) in [6.45, 7) is 7.39. The number of esters is 1. The lowest BCUT2D eigenvalue weighted by Crippen LogP contribution is -2.30. The third-order valence-corrected chi connectivity index (χ3v) is 5.49. The normalized spacial score (nSPS) is 13.3. The molecule has 3 rings (SSSR count). The summed E-state index contributed by atoms with van der Waals surface area (Å²) in [7, 11) is 0. The van der Waals surface area contributed by atoms with Gasteiger partial charge in [0.1, 0.15) is 10.6 Å². The largest absolute Gasteiger partial charge is 0.479 e. The lowest BCUT2D eigenvalue weighted by Gasteiger charge is -2.19. The van der Waals surface area contributed by atoms with Crippen LogP contribution in [0.3, 0.4) is 0 Å². The molecule has 0 aliphatic carbocycles. The summed E-state index contributed by atoms with van der Waals surface area (Å²) < 4.78 is 11.2. The van der Waals surface area contributed by atoms with Gasteiger partial charge in [-0.1, -0.05) is 25.1 Å². The standard InChI is InChI=1S/C20H22N2O4S/c1-5-15(26-14-9-7-6-8-10-14)20(24)25-12(3)17-21-18(23)16-11(2)13(4)27-19(16)22-17/h6-10,12,15H,5H2,1-4H3,(H,21,22,23)/t12-,15-/m1/s1. The van der Waals surface area contributed by atoms with Crippen LogP contribution in [-0.4, -0.2) is 22.0 Å². The zero-order chi connectivity index (χ0) is 19.6. The molecule has 142 valence electrons. The number of aryl methyl sites for hydroxylation is 2. The zero-order valence-electron chi connectivity index (χ0n) is 15.7. The molecule has 27 heavy (non-hydrogen) atoms. The molecular formula is C20H22N2O4S. The van der Waals surface area contributed by atoms with Gasteiger partial charge in [-0.05, 0) is 44.9 Å². The quantitative estimate of drug-likeness (QED) is 0.646. The van der Waals surface area contributed by atoms with Crippen LogP contribution >= 0.6 is 11.3 Å². The van der Waals surface area contributed by atoms with Crippen LogP contribution in [0.25, 0.3) is 10.2 Å². The number of aromatic amines is 1. The van der Waals surface area contributed by atoms with Crippen molar-refractivity contribution in [2.45, 2.75) is 46.3 Å². The van der Waals surface area contributed by atoms with Crippen LogP contribution in [0, 0.1) is 13.8 Å². The van der Waals surface area contributed by atoms with Gasteiger partial charge in [0.2, 0.25) is 0 Å². The Morgan fingerprint density at radius 2 is 1.96 bits per heavy atom. The molecule has 0 amide bonds. The van der Waals surface area contributed by atoms with Gasteiger partial charge in [0.05, 0.1) is 5.39 Å². The van der Waals surface area contributed by atoms with Crippen LogP contribution < -0.4 is 10.3 Å². The van der Waals surface area contributed by atoms with Crippen LogP contribution in [0.1, 0.15) is 42.6 Å². The van der Waals surface area contributed by atoms with Gasteiger partial charge in [0, 0.05) is 4.88 Å². The van der Waals surface area contributed by atoms with Crippen LogP contribution in [0.15, 0.2) is 35.1 Å². The fraction of sp³-hybridized carbons (Fsp3) is 0.350. The van der Waals surface area contributed by atoms with Gasteiger partial charge in [0.25, 0.3) is 5.56 Å². The van der Waals surface area contributed by atoms with Crippen molar-refractivity contribution in [2.75, 3.05) is 0 Å². The summed E-state index contributed by atoms with van der Waals surface area (Å²) >= 11 is 1.46. The molecule has 1 N–H and O–H groups in total. The van der Waals surface area contributed by atoms with E-state index in [1.807, 2.05) is 39.0 Å². The molecule has 1 aromatic carbocycles. The highest BCUT2D eigenvalue weighted by atomic mass is 32.1. The number of hydrogen-bond acceptors (Lipinski definition) is 6. The van der Waals surface area contributed by atoms with E-state index in [-0.39, 0.29) is 5.56 Å². The molecule has 0 aliphatic rings. The Hall–Kier alpha value is -2.67. The number of carbonyl (C=O) groups excluding carboxylic acids is 1. The van der Waals surface area contributed by atoms with E-state index in [0.29, 0.717) is 28.2 Å². The Bertz CT molecular complexity index is 1010. The predicted molar refractivity (Wildman–Crippen MR) is 105 cm³/mol. The summed E-state index contributed by atoms with van der Waals surface area (Å²) in [5, 5.41) is 0.596. The Labute approximate surface area is 161 Å². The van der Waals surface area contributed by atoms with Crippen molar-refractivity contribution in [1.82, 2.24) is 9.97 Å². The molecule has 0 aliphatic heterocycles. The number of rotatable bonds is 6. The second-order valence-electron chi connectivity index (χ2n) is 6.32. The van der Waals surface area contributed by atoms with E-state index in [0.717, 1.165) is 10.4 Å². The van der Waals surface area contributed by atoms with Crippen molar-refractivity contribution < 1.29 is 14.3 Å². The summed E-state index contributed by atoms with van der Waals surface area (Å²) in [5.74, 6) is 0.443. The van der Waals surface area contributed by atoms with Gasteiger partial charge in [0.15, 0.2) is 18.0 Å². The SMILES string of the molecule is CC[C@@H](Oc1ccccc1)C(=O)O[C@H](C)c1nc2sc(C)c(C)c2c(=O)[nH]1. The number of ether oxygens (including phenoxy) is 2. The zero-order valence-corrected chi connectivity index (χ0v) is 16.6. The number of para-hydroxylation sites is 1. The molecule has 2 heterocycles. The molecule has 0 radical (unpaired) electrons. The predicted octanol–water partition coefficient (Wildman–Crippen LogP) is 4.06. The molecule has 2 aromatic heterocycles. The molecule has 0 fully saturated rings. The minimum absolute atomic E-state index is 0.215. The number of thiophene rings is 1. The molecule has 0 saturated carbocycles. The maximum atomic E-state index is 12.5. The van der Waals surface area contributed by atoms with Crippen LogP contribution in [-0.2, 0) is 9.53 Å². The van der Waals surface area contributed by atoms with Gasteiger partial charge < -0.3 is 14.5 Å². The van der Waals surface area contributed by atoms with Crippen molar-refractivity contribution in [2.24, 2.45) is 0 Å². The second kappa shape index (κ2) is 7.92. The summed E-state index contributed by atoms with van der Waals surface area (Å²) in [6, 6.07) is 9.12. The molecule has 0 saturated heterocycles. The number of aromatic nitrogens is 2. The van der Waals surface area contributed by atoms with E-state index < -0.39 is 18.2 Å². The minimum atomic E-state index is -0.725. The smallest absolute Gasteiger partial charge is 0.348 e. The highest BCUT2D eigenvalue weighted by molar-refractivity contribution is 7.18. The van der Waals surface area contributed by atoms with Crippen molar-refractivity contribution in [3.8, 4) is 5.75 Å². The van der Waals surface area contributed by atoms with Gasteiger partial charge in [-0.15, -0.1) is 11.3 Å². The Morgan fingerprint density at radius 3 is 2.63 bits per heavy atom. The number of nitrogens with zero attached hydrogens (tertiary/aromatic N) is 1. The maximum Gasteiger partial charge on any atom is 0.348 e. The molecular weight excluding hydrogens is 364 g/mol. The maximum absolute atomic E-state index is 12.5. The molecule has 3 aromatic rings. The van der Waals surface area contributed by atoms with Crippen molar-refractivity contribution in [1.29, 1.82) is 0 Å². The van der Waals surface area contributed by atoms with E-state index in [4.69, 9.17) is 9.47 Å². The first-order chi connectivity index (χ1) is 12.9. The van der Waals surface area contributed by atoms with E-state index >= 15 is 0 Å². The van der Waals surface area contributed by atoms with Gasteiger partial charge in [-0.2, -0.15) is 0 Å². The number of fused-ring (bicyclic) bond motifs is 1. The Kier molecular flexibility index (Phi) is 5.60. The fourth-order valence-corrected chi connectivity index (χ4v) is 3.77. The monoisotopic (exact) mass is 386 g/mol. The third-order valence-electron chi connectivity index (χ3n) is 4.39. The number of benzene rings is 1.